The maximum atomic E-state index is 5.87. The van der Waals surface area contributed by atoms with Crippen LogP contribution in [0, 0.1) is 0 Å². The van der Waals surface area contributed by atoms with Gasteiger partial charge in [-0.05, 0) is 39.2 Å². The average molecular weight is 184 g/mol. The molecule has 0 spiro atoms. The Labute approximate surface area is 83.2 Å². The minimum absolute atomic E-state index is 0.435. The van der Waals surface area contributed by atoms with Gasteiger partial charge in [-0.25, -0.2) is 0 Å². The first-order chi connectivity index (χ1) is 6.11. The summed E-state index contributed by atoms with van der Waals surface area (Å²) in [5, 5.41) is 0. The Bertz CT molecular complexity index is 149. The first kappa shape index (κ1) is 12.5. The van der Waals surface area contributed by atoms with Crippen LogP contribution in [0.4, 0.5) is 0 Å². The van der Waals surface area contributed by atoms with E-state index >= 15 is 0 Å². The summed E-state index contributed by atoms with van der Waals surface area (Å²) in [5.74, 6) is 1.10. The predicted octanol–water partition coefficient (Wildman–Crippen LogP) is 4.29. The fourth-order valence-electron chi connectivity index (χ4n) is 1.27. The molecule has 0 unspecified atom stereocenters. The van der Waals surface area contributed by atoms with Gasteiger partial charge in [0.05, 0.1) is 11.9 Å². The third-order valence-electron chi connectivity index (χ3n) is 2.27. The second-order valence-electron chi connectivity index (χ2n) is 3.87. The number of allylic oxidation sites excluding steroid dienone is 2. The minimum Gasteiger partial charge on any atom is -0.495 e. The second-order valence-corrected chi connectivity index (χ2v) is 3.87. The molecule has 0 aliphatic rings. The largest absolute Gasteiger partial charge is 0.495 e. The van der Waals surface area contributed by atoms with Crippen LogP contribution in [0.15, 0.2) is 11.3 Å². The van der Waals surface area contributed by atoms with Gasteiger partial charge in [0, 0.05) is 0 Å². The van der Waals surface area contributed by atoms with Crippen LogP contribution in [0.5, 0.6) is 0 Å². The Kier molecular flexibility index (Phi) is 6.75. The molecule has 13 heavy (non-hydrogen) atoms. The molecule has 0 aliphatic carbocycles. The topological polar surface area (TPSA) is 9.23 Å². The average Bonchev–Trinajstić information content (AvgIpc) is 2.05. The quantitative estimate of drug-likeness (QED) is 0.560. The fourth-order valence-corrected chi connectivity index (χ4v) is 1.27. The van der Waals surface area contributed by atoms with Crippen molar-refractivity contribution in [3.05, 3.63) is 11.3 Å². The van der Waals surface area contributed by atoms with E-state index in [9.17, 15) is 0 Å². The molecule has 0 radical (unpaired) electrons. The van der Waals surface area contributed by atoms with Crippen LogP contribution in [0.1, 0.15) is 60.3 Å². The normalized spacial score (nSPS) is 10.3. The Hall–Kier alpha value is -0.460. The summed E-state index contributed by atoms with van der Waals surface area (Å²) < 4.78 is 5.87. The molecule has 0 rings (SSSR count). The molecular formula is C12H24O. The summed E-state index contributed by atoms with van der Waals surface area (Å²) in [4.78, 5) is 0. The lowest BCUT2D eigenvalue weighted by Gasteiger charge is -2.19. The van der Waals surface area contributed by atoms with E-state index < -0.39 is 0 Å². The Balaban J connectivity index is 4.01. The van der Waals surface area contributed by atoms with Gasteiger partial charge in [0.25, 0.3) is 0 Å². The molecular weight excluding hydrogens is 160 g/mol. The van der Waals surface area contributed by atoms with E-state index in [1.165, 1.54) is 31.3 Å². The van der Waals surface area contributed by atoms with Crippen LogP contribution in [0.3, 0.4) is 0 Å². The van der Waals surface area contributed by atoms with Gasteiger partial charge in [-0.15, -0.1) is 0 Å². The summed E-state index contributed by atoms with van der Waals surface area (Å²) >= 11 is 0. The van der Waals surface area contributed by atoms with Crippen molar-refractivity contribution in [1.82, 2.24) is 0 Å². The van der Waals surface area contributed by atoms with Gasteiger partial charge >= 0.3 is 0 Å². The molecule has 0 aromatic heterocycles. The lowest BCUT2D eigenvalue weighted by atomic mass is 10.1. The van der Waals surface area contributed by atoms with E-state index in [4.69, 9.17) is 4.74 Å². The van der Waals surface area contributed by atoms with Gasteiger partial charge in [-0.1, -0.05) is 26.7 Å². The second kappa shape index (κ2) is 6.99. The molecule has 0 saturated heterocycles. The molecule has 0 amide bonds. The first-order valence-electron chi connectivity index (χ1n) is 5.42. The highest BCUT2D eigenvalue weighted by Gasteiger charge is 2.07. The van der Waals surface area contributed by atoms with Crippen molar-refractivity contribution < 1.29 is 4.74 Å². The Morgan fingerprint density at radius 2 is 1.46 bits per heavy atom. The van der Waals surface area contributed by atoms with Gasteiger partial charge in [0.2, 0.25) is 0 Å². The summed E-state index contributed by atoms with van der Waals surface area (Å²) in [6.45, 7) is 10.7. The zero-order valence-electron chi connectivity index (χ0n) is 9.81. The van der Waals surface area contributed by atoms with Crippen molar-refractivity contribution in [2.45, 2.75) is 66.4 Å². The Morgan fingerprint density at radius 1 is 1.00 bits per heavy atom. The first-order valence-corrected chi connectivity index (χ1v) is 5.42. The third-order valence-corrected chi connectivity index (χ3v) is 2.27. The van der Waals surface area contributed by atoms with Crippen molar-refractivity contribution in [3.63, 3.8) is 0 Å². The van der Waals surface area contributed by atoms with Crippen LogP contribution in [0.2, 0.25) is 0 Å². The molecule has 0 aromatic carbocycles. The van der Waals surface area contributed by atoms with Crippen LogP contribution < -0.4 is 0 Å². The maximum absolute atomic E-state index is 5.87. The lowest BCUT2D eigenvalue weighted by molar-refractivity contribution is 0.0981. The van der Waals surface area contributed by atoms with Gasteiger partial charge < -0.3 is 4.74 Å². The smallest absolute Gasteiger partial charge is 0.0982 e. The third kappa shape index (κ3) is 5.73. The molecule has 0 N–H and O–H groups in total. The fraction of sp³-hybridized carbons (Fsp3) is 0.833. The van der Waals surface area contributed by atoms with Crippen LogP contribution in [-0.2, 0) is 4.74 Å². The standard InChI is InChI=1S/C12H24O/c1-6-8-12(9-7-2)13-11(5)10(3)4/h12H,6-9H2,1-5H3. The number of hydrogen-bond acceptors (Lipinski definition) is 1. The van der Waals surface area contributed by atoms with Crippen molar-refractivity contribution in [3.8, 4) is 0 Å². The maximum Gasteiger partial charge on any atom is 0.0982 e. The van der Waals surface area contributed by atoms with Gasteiger partial charge in [-0.3, -0.25) is 0 Å². The molecule has 0 fully saturated rings. The Morgan fingerprint density at radius 3 is 1.77 bits per heavy atom. The highest BCUT2D eigenvalue weighted by atomic mass is 16.5. The zero-order chi connectivity index (χ0) is 10.3. The van der Waals surface area contributed by atoms with Crippen LogP contribution >= 0.6 is 0 Å². The molecule has 78 valence electrons. The molecule has 0 aliphatic heterocycles. The van der Waals surface area contributed by atoms with Crippen molar-refractivity contribution in [2.24, 2.45) is 0 Å². The van der Waals surface area contributed by atoms with Crippen molar-refractivity contribution in [1.29, 1.82) is 0 Å². The molecule has 0 saturated carbocycles. The highest BCUT2D eigenvalue weighted by Crippen LogP contribution is 2.15. The number of hydrogen-bond donors (Lipinski definition) is 0. The van der Waals surface area contributed by atoms with Gasteiger partial charge in [0.15, 0.2) is 0 Å². The molecule has 1 nitrogen and oxygen atoms in total. The molecule has 0 bridgehead atoms. The monoisotopic (exact) mass is 184 g/mol. The minimum atomic E-state index is 0.435. The highest BCUT2D eigenvalue weighted by molar-refractivity contribution is 4.99. The van der Waals surface area contributed by atoms with Crippen LogP contribution in [0.25, 0.3) is 0 Å². The summed E-state index contributed by atoms with van der Waals surface area (Å²) in [7, 11) is 0. The lowest BCUT2D eigenvalue weighted by Crippen LogP contribution is -2.11. The number of ether oxygens (including phenoxy) is 1. The molecule has 0 atom stereocenters. The van der Waals surface area contributed by atoms with E-state index in [-0.39, 0.29) is 0 Å². The van der Waals surface area contributed by atoms with Gasteiger partial charge in [-0.2, -0.15) is 0 Å². The van der Waals surface area contributed by atoms with Gasteiger partial charge in [0.1, 0.15) is 0 Å². The predicted molar refractivity (Wildman–Crippen MR) is 58.7 cm³/mol. The summed E-state index contributed by atoms with van der Waals surface area (Å²) in [6.07, 6.45) is 5.21. The van der Waals surface area contributed by atoms with E-state index in [2.05, 4.69) is 34.6 Å². The van der Waals surface area contributed by atoms with E-state index in [1.54, 1.807) is 0 Å². The SMILES string of the molecule is CCCC(CCC)OC(C)=C(C)C. The van der Waals surface area contributed by atoms with Crippen molar-refractivity contribution in [2.75, 3.05) is 0 Å². The summed E-state index contributed by atoms with van der Waals surface area (Å²) in [6, 6.07) is 0. The molecule has 0 aromatic rings. The van der Waals surface area contributed by atoms with E-state index in [1.807, 2.05) is 0 Å². The van der Waals surface area contributed by atoms with E-state index in [0.717, 1.165) is 5.76 Å². The van der Waals surface area contributed by atoms with Crippen molar-refractivity contribution >= 4 is 0 Å². The molecule has 0 heterocycles. The van der Waals surface area contributed by atoms with Crippen LogP contribution in [-0.4, -0.2) is 6.10 Å². The van der Waals surface area contributed by atoms with E-state index in [0.29, 0.717) is 6.10 Å². The number of rotatable bonds is 6. The molecule has 1 heteroatoms. The zero-order valence-corrected chi connectivity index (χ0v) is 9.81. The summed E-state index contributed by atoms with van der Waals surface area (Å²) in [5.41, 5.74) is 1.29.